The smallest absolute Gasteiger partial charge is 0.223 e. The monoisotopic (exact) mass is 354 g/mol. The highest BCUT2D eigenvalue weighted by Gasteiger charge is 2.27. The Hall–Kier alpha value is -2.14. The van der Waals surface area contributed by atoms with Crippen LogP contribution in [0.5, 0.6) is 0 Å². The molecule has 0 saturated carbocycles. The maximum Gasteiger partial charge on any atom is 0.223 e. The van der Waals surface area contributed by atoms with Crippen LogP contribution in [0.4, 0.5) is 0 Å². The minimum absolute atomic E-state index is 0.260. The number of piperazine rings is 1. The molecule has 1 aliphatic rings. The van der Waals surface area contributed by atoms with Gasteiger partial charge in [-0.05, 0) is 38.3 Å². The molecular weight excluding hydrogens is 324 g/mol. The van der Waals surface area contributed by atoms with Gasteiger partial charge in [-0.1, -0.05) is 30.3 Å². The molecule has 1 atom stereocenters. The summed E-state index contributed by atoms with van der Waals surface area (Å²) in [6.45, 7) is 9.92. The van der Waals surface area contributed by atoms with Gasteiger partial charge in [-0.15, -0.1) is 0 Å². The minimum atomic E-state index is 0.260. The molecule has 0 bridgehead atoms. The van der Waals surface area contributed by atoms with E-state index in [1.807, 2.05) is 18.7 Å². The highest BCUT2D eigenvalue weighted by atomic mass is 16.2. The van der Waals surface area contributed by atoms with Crippen LogP contribution in [0, 0.1) is 13.8 Å². The molecule has 0 spiro atoms. The van der Waals surface area contributed by atoms with Gasteiger partial charge >= 0.3 is 0 Å². The zero-order chi connectivity index (χ0) is 18.7. The molecule has 2 aromatic rings. The molecule has 5 nitrogen and oxygen atoms in total. The van der Waals surface area contributed by atoms with Crippen LogP contribution in [0.1, 0.15) is 35.9 Å². The average Bonchev–Trinajstić information content (AvgIpc) is 2.86. The maximum absolute atomic E-state index is 12.8. The molecule has 1 aromatic heterocycles. The van der Waals surface area contributed by atoms with Crippen LogP contribution >= 0.6 is 0 Å². The van der Waals surface area contributed by atoms with Crippen LogP contribution in [0.3, 0.4) is 0 Å². The Labute approximate surface area is 156 Å². The van der Waals surface area contributed by atoms with Gasteiger partial charge in [0, 0.05) is 51.4 Å². The van der Waals surface area contributed by atoms with Crippen LogP contribution in [0.2, 0.25) is 0 Å². The number of hydrogen-bond donors (Lipinski definition) is 0. The van der Waals surface area contributed by atoms with Crippen LogP contribution in [0.25, 0.3) is 0 Å². The van der Waals surface area contributed by atoms with Gasteiger partial charge in [0.1, 0.15) is 0 Å². The highest BCUT2D eigenvalue weighted by Crippen LogP contribution is 2.18. The van der Waals surface area contributed by atoms with Gasteiger partial charge < -0.3 is 4.90 Å². The molecule has 1 aliphatic heterocycles. The summed E-state index contributed by atoms with van der Waals surface area (Å²) in [6, 6.07) is 10.8. The number of hydrogen-bond acceptors (Lipinski definition) is 3. The standard InChI is InChI=1S/C21H30N4O/c1-16-14-24(15-19-8-6-5-7-9-19)12-13-25(16)21(26)11-10-20-17(2)22-23(4)18(20)3/h5-9,16H,10-15H2,1-4H3. The fourth-order valence-corrected chi connectivity index (χ4v) is 3.94. The van der Waals surface area contributed by atoms with Gasteiger partial charge in [-0.2, -0.15) is 5.10 Å². The predicted molar refractivity (Wildman–Crippen MR) is 104 cm³/mol. The molecule has 0 radical (unpaired) electrons. The molecule has 1 unspecified atom stereocenters. The largest absolute Gasteiger partial charge is 0.337 e. The van der Waals surface area contributed by atoms with Gasteiger partial charge in [-0.3, -0.25) is 14.4 Å². The summed E-state index contributed by atoms with van der Waals surface area (Å²) in [4.78, 5) is 17.3. The first-order valence-electron chi connectivity index (χ1n) is 9.50. The summed E-state index contributed by atoms with van der Waals surface area (Å²) in [6.07, 6.45) is 1.34. The number of carbonyl (C=O) groups is 1. The first-order chi connectivity index (χ1) is 12.5. The third-order valence-corrected chi connectivity index (χ3v) is 5.53. The van der Waals surface area contributed by atoms with Crippen molar-refractivity contribution in [3.8, 4) is 0 Å². The molecule has 0 N–H and O–H groups in total. The molecule has 26 heavy (non-hydrogen) atoms. The lowest BCUT2D eigenvalue weighted by Crippen LogP contribution is -2.53. The second kappa shape index (κ2) is 8.04. The number of aromatic nitrogens is 2. The average molecular weight is 354 g/mol. The molecule has 3 rings (SSSR count). The highest BCUT2D eigenvalue weighted by molar-refractivity contribution is 5.77. The molecule has 1 fully saturated rings. The fourth-order valence-electron chi connectivity index (χ4n) is 3.94. The third-order valence-electron chi connectivity index (χ3n) is 5.53. The summed E-state index contributed by atoms with van der Waals surface area (Å²) in [5.74, 6) is 0.263. The Bertz CT molecular complexity index is 753. The normalized spacial score (nSPS) is 18.3. The van der Waals surface area contributed by atoms with Crippen molar-refractivity contribution in [2.45, 2.75) is 46.2 Å². The van der Waals surface area contributed by atoms with Gasteiger partial charge in [0.05, 0.1) is 5.69 Å². The molecule has 140 valence electrons. The number of carbonyl (C=O) groups excluding carboxylic acids is 1. The van der Waals surface area contributed by atoms with Crippen LogP contribution in [-0.2, 0) is 24.8 Å². The van der Waals surface area contributed by atoms with Crippen LogP contribution in [-0.4, -0.2) is 51.2 Å². The summed E-state index contributed by atoms with van der Waals surface area (Å²) < 4.78 is 1.90. The van der Waals surface area contributed by atoms with E-state index in [1.54, 1.807) is 0 Å². The molecule has 5 heteroatoms. The number of benzene rings is 1. The van der Waals surface area contributed by atoms with Crippen molar-refractivity contribution in [3.63, 3.8) is 0 Å². The van der Waals surface area contributed by atoms with E-state index in [1.165, 1.54) is 11.1 Å². The first kappa shape index (κ1) is 18.6. The maximum atomic E-state index is 12.8. The molecule has 1 aromatic carbocycles. The zero-order valence-corrected chi connectivity index (χ0v) is 16.4. The summed E-state index contributed by atoms with van der Waals surface area (Å²) in [5, 5.41) is 4.45. The van der Waals surface area contributed by atoms with Crippen molar-refractivity contribution in [1.82, 2.24) is 19.6 Å². The Kier molecular flexibility index (Phi) is 5.77. The second-order valence-electron chi connectivity index (χ2n) is 7.43. The first-order valence-corrected chi connectivity index (χ1v) is 9.50. The number of amides is 1. The Morgan fingerprint density at radius 2 is 1.92 bits per heavy atom. The van der Waals surface area contributed by atoms with E-state index in [9.17, 15) is 4.79 Å². The lowest BCUT2D eigenvalue weighted by Gasteiger charge is -2.40. The van der Waals surface area contributed by atoms with Crippen molar-refractivity contribution in [1.29, 1.82) is 0 Å². The van der Waals surface area contributed by atoms with Crippen LogP contribution in [0.15, 0.2) is 30.3 Å². The van der Waals surface area contributed by atoms with Gasteiger partial charge in [0.2, 0.25) is 5.91 Å². The van der Waals surface area contributed by atoms with E-state index in [0.29, 0.717) is 6.42 Å². The molecule has 0 aliphatic carbocycles. The Morgan fingerprint density at radius 1 is 1.19 bits per heavy atom. The van der Waals surface area contributed by atoms with Crippen molar-refractivity contribution in [2.75, 3.05) is 19.6 Å². The lowest BCUT2D eigenvalue weighted by molar-refractivity contribution is -0.135. The molecule has 1 amide bonds. The summed E-state index contributed by atoms with van der Waals surface area (Å²) in [5.41, 5.74) is 4.76. The molecule has 2 heterocycles. The predicted octanol–water partition coefficient (Wildman–Crippen LogP) is 2.70. The molecule has 1 saturated heterocycles. The summed E-state index contributed by atoms with van der Waals surface area (Å²) in [7, 11) is 1.96. The van der Waals surface area contributed by atoms with Crippen molar-refractivity contribution in [3.05, 3.63) is 52.8 Å². The van der Waals surface area contributed by atoms with Gasteiger partial charge in [0.25, 0.3) is 0 Å². The van der Waals surface area contributed by atoms with E-state index < -0.39 is 0 Å². The van der Waals surface area contributed by atoms with Gasteiger partial charge in [-0.25, -0.2) is 0 Å². The Morgan fingerprint density at radius 3 is 2.54 bits per heavy atom. The SMILES string of the molecule is Cc1nn(C)c(C)c1CCC(=O)N1CCN(Cc2ccccc2)CC1C. The number of rotatable bonds is 5. The number of aryl methyl sites for hydroxylation is 2. The zero-order valence-electron chi connectivity index (χ0n) is 16.4. The van der Waals surface area contributed by atoms with E-state index in [-0.39, 0.29) is 11.9 Å². The topological polar surface area (TPSA) is 41.4 Å². The van der Waals surface area contributed by atoms with E-state index in [0.717, 1.165) is 44.0 Å². The van der Waals surface area contributed by atoms with E-state index >= 15 is 0 Å². The van der Waals surface area contributed by atoms with Crippen molar-refractivity contribution < 1.29 is 4.79 Å². The summed E-state index contributed by atoms with van der Waals surface area (Å²) >= 11 is 0. The van der Waals surface area contributed by atoms with Crippen molar-refractivity contribution in [2.24, 2.45) is 7.05 Å². The van der Waals surface area contributed by atoms with Gasteiger partial charge in [0.15, 0.2) is 0 Å². The van der Waals surface area contributed by atoms with E-state index in [4.69, 9.17) is 0 Å². The quantitative estimate of drug-likeness (QED) is 0.829. The minimum Gasteiger partial charge on any atom is -0.337 e. The number of nitrogens with zero attached hydrogens (tertiary/aromatic N) is 4. The third kappa shape index (κ3) is 4.15. The van der Waals surface area contributed by atoms with Crippen LogP contribution < -0.4 is 0 Å². The fraction of sp³-hybridized carbons (Fsp3) is 0.524. The Balaban J connectivity index is 1.53. The van der Waals surface area contributed by atoms with Crippen molar-refractivity contribution >= 4 is 5.91 Å². The molecular formula is C21H30N4O. The lowest BCUT2D eigenvalue weighted by atomic mass is 10.1. The van der Waals surface area contributed by atoms with E-state index in [2.05, 4.69) is 59.1 Å². The second-order valence-corrected chi connectivity index (χ2v) is 7.43.